The number of rotatable bonds is 6. The minimum Gasteiger partial charge on any atom is -0.493 e. The van der Waals surface area contributed by atoms with E-state index in [0.29, 0.717) is 29.7 Å². The average Bonchev–Trinajstić information content (AvgIpc) is 2.85. The van der Waals surface area contributed by atoms with Gasteiger partial charge >= 0.3 is 0 Å². The van der Waals surface area contributed by atoms with E-state index in [2.05, 4.69) is 10.2 Å². The molecule has 102 valence electrons. The maximum Gasteiger partial charge on any atom is 0.253 e. The van der Waals surface area contributed by atoms with Crippen molar-refractivity contribution in [2.45, 2.75) is 20.0 Å². The van der Waals surface area contributed by atoms with Gasteiger partial charge in [0.25, 0.3) is 5.89 Å². The Labute approximate surface area is 111 Å². The zero-order chi connectivity index (χ0) is 13.7. The maximum atomic E-state index is 8.76. The molecule has 0 amide bonds. The fourth-order valence-electron chi connectivity index (χ4n) is 1.58. The topological polar surface area (TPSA) is 77.6 Å². The molecule has 0 saturated heterocycles. The molecule has 2 aromatic rings. The lowest BCUT2D eigenvalue weighted by atomic mass is 10.2. The molecule has 0 saturated carbocycles. The lowest BCUT2D eigenvalue weighted by Gasteiger charge is -2.09. The first-order valence-electron chi connectivity index (χ1n) is 5.92. The van der Waals surface area contributed by atoms with Crippen LogP contribution in [0.1, 0.15) is 17.3 Å². The van der Waals surface area contributed by atoms with E-state index in [9.17, 15) is 0 Å². The molecular formula is C13H16N2O4. The van der Waals surface area contributed by atoms with Crippen LogP contribution in [0.2, 0.25) is 0 Å². The van der Waals surface area contributed by atoms with Crippen molar-refractivity contribution in [3.63, 3.8) is 0 Å². The highest BCUT2D eigenvalue weighted by Crippen LogP contribution is 2.28. The van der Waals surface area contributed by atoms with Gasteiger partial charge in [-0.3, -0.25) is 0 Å². The van der Waals surface area contributed by atoms with Gasteiger partial charge in [0.05, 0.1) is 13.7 Å². The fraction of sp³-hybridized carbons (Fsp3) is 0.385. The summed E-state index contributed by atoms with van der Waals surface area (Å²) in [4.78, 5) is 0. The largest absolute Gasteiger partial charge is 0.493 e. The zero-order valence-electron chi connectivity index (χ0n) is 10.9. The molecule has 1 aromatic carbocycles. The van der Waals surface area contributed by atoms with Gasteiger partial charge in [-0.05, 0) is 24.6 Å². The van der Waals surface area contributed by atoms with Gasteiger partial charge in [-0.1, -0.05) is 6.07 Å². The predicted molar refractivity (Wildman–Crippen MR) is 67.2 cm³/mol. The predicted octanol–water partition coefficient (Wildman–Crippen LogP) is 1.50. The Morgan fingerprint density at radius 3 is 2.74 bits per heavy atom. The van der Waals surface area contributed by atoms with Crippen LogP contribution in [-0.2, 0) is 13.0 Å². The number of aliphatic hydroxyl groups is 1. The Balaban J connectivity index is 2.01. The SMILES string of the molecule is COc1cc(C)ccc1OCc1nnc(CCO)o1. The second kappa shape index (κ2) is 6.19. The summed E-state index contributed by atoms with van der Waals surface area (Å²) in [6, 6.07) is 5.66. The first-order valence-corrected chi connectivity index (χ1v) is 5.92. The van der Waals surface area contributed by atoms with Crippen LogP contribution < -0.4 is 9.47 Å². The monoisotopic (exact) mass is 264 g/mol. The van der Waals surface area contributed by atoms with Gasteiger partial charge in [0.15, 0.2) is 18.1 Å². The Bertz CT molecular complexity index is 539. The highest BCUT2D eigenvalue weighted by molar-refractivity contribution is 5.42. The smallest absolute Gasteiger partial charge is 0.253 e. The molecule has 19 heavy (non-hydrogen) atoms. The average molecular weight is 264 g/mol. The van der Waals surface area contributed by atoms with Crippen molar-refractivity contribution in [2.75, 3.05) is 13.7 Å². The van der Waals surface area contributed by atoms with Crippen LogP contribution in [-0.4, -0.2) is 29.0 Å². The molecule has 0 spiro atoms. The second-order valence-corrected chi connectivity index (χ2v) is 4.01. The van der Waals surface area contributed by atoms with Gasteiger partial charge in [-0.2, -0.15) is 0 Å². The molecule has 6 nitrogen and oxygen atoms in total. The standard InChI is InChI=1S/C13H16N2O4/c1-9-3-4-10(11(7-9)17-2)18-8-13-15-14-12(19-13)5-6-16/h3-4,7,16H,5-6,8H2,1-2H3. The van der Waals surface area contributed by atoms with E-state index in [0.717, 1.165) is 5.56 Å². The minimum absolute atomic E-state index is 0.0196. The Hall–Kier alpha value is -2.08. The Morgan fingerprint density at radius 2 is 2.00 bits per heavy atom. The number of hydrogen-bond donors (Lipinski definition) is 1. The third-order valence-corrected chi connectivity index (χ3v) is 2.50. The number of ether oxygens (including phenoxy) is 2. The normalized spacial score (nSPS) is 10.5. The molecule has 0 unspecified atom stereocenters. The molecule has 1 N–H and O–H groups in total. The van der Waals surface area contributed by atoms with Crippen LogP contribution in [0.25, 0.3) is 0 Å². The maximum absolute atomic E-state index is 8.76. The number of aryl methyl sites for hydroxylation is 1. The summed E-state index contributed by atoms with van der Waals surface area (Å²) in [5.41, 5.74) is 1.09. The van der Waals surface area contributed by atoms with Crippen molar-refractivity contribution in [1.29, 1.82) is 0 Å². The summed E-state index contributed by atoms with van der Waals surface area (Å²) in [5, 5.41) is 16.4. The van der Waals surface area contributed by atoms with Crippen molar-refractivity contribution < 1.29 is 19.0 Å². The van der Waals surface area contributed by atoms with E-state index in [4.69, 9.17) is 19.0 Å². The lowest BCUT2D eigenvalue weighted by Crippen LogP contribution is -1.98. The molecule has 1 heterocycles. The molecule has 0 fully saturated rings. The number of methoxy groups -OCH3 is 1. The highest BCUT2D eigenvalue weighted by Gasteiger charge is 2.09. The number of nitrogens with zero attached hydrogens (tertiary/aromatic N) is 2. The molecule has 0 bridgehead atoms. The van der Waals surface area contributed by atoms with Gasteiger partial charge in [-0.15, -0.1) is 10.2 Å². The lowest BCUT2D eigenvalue weighted by molar-refractivity contribution is 0.241. The molecule has 1 aromatic heterocycles. The summed E-state index contributed by atoms with van der Waals surface area (Å²) in [6.45, 7) is 2.12. The second-order valence-electron chi connectivity index (χ2n) is 4.01. The van der Waals surface area contributed by atoms with Gasteiger partial charge in [0.1, 0.15) is 0 Å². The molecule has 0 aliphatic carbocycles. The molecule has 2 rings (SSSR count). The van der Waals surface area contributed by atoms with E-state index in [-0.39, 0.29) is 13.2 Å². The van der Waals surface area contributed by atoms with Gasteiger partial charge in [-0.25, -0.2) is 0 Å². The van der Waals surface area contributed by atoms with Crippen LogP contribution in [0, 0.1) is 6.92 Å². The van der Waals surface area contributed by atoms with Crippen molar-refractivity contribution >= 4 is 0 Å². The highest BCUT2D eigenvalue weighted by atomic mass is 16.5. The summed E-state index contributed by atoms with van der Waals surface area (Å²) >= 11 is 0. The molecule has 0 radical (unpaired) electrons. The zero-order valence-corrected chi connectivity index (χ0v) is 10.9. The number of hydrogen-bond acceptors (Lipinski definition) is 6. The third-order valence-electron chi connectivity index (χ3n) is 2.50. The number of benzene rings is 1. The van der Waals surface area contributed by atoms with Crippen molar-refractivity contribution in [1.82, 2.24) is 10.2 Å². The third kappa shape index (κ3) is 3.45. The molecule has 0 aliphatic rings. The Morgan fingerprint density at radius 1 is 1.21 bits per heavy atom. The van der Waals surface area contributed by atoms with Crippen molar-refractivity contribution in [2.24, 2.45) is 0 Å². The van der Waals surface area contributed by atoms with Crippen LogP contribution in [0.4, 0.5) is 0 Å². The van der Waals surface area contributed by atoms with Gasteiger partial charge in [0.2, 0.25) is 5.89 Å². The first-order chi connectivity index (χ1) is 9.22. The van der Waals surface area contributed by atoms with Crippen molar-refractivity contribution in [3.05, 3.63) is 35.5 Å². The summed E-state index contributed by atoms with van der Waals surface area (Å²) in [7, 11) is 1.59. The van der Waals surface area contributed by atoms with Crippen molar-refractivity contribution in [3.8, 4) is 11.5 Å². The molecular weight excluding hydrogens is 248 g/mol. The van der Waals surface area contributed by atoms with Crippen LogP contribution in [0.15, 0.2) is 22.6 Å². The van der Waals surface area contributed by atoms with Gasteiger partial charge in [0, 0.05) is 6.42 Å². The van der Waals surface area contributed by atoms with Crippen LogP contribution in [0.3, 0.4) is 0 Å². The fourth-order valence-corrected chi connectivity index (χ4v) is 1.58. The van der Waals surface area contributed by atoms with E-state index in [1.54, 1.807) is 7.11 Å². The summed E-state index contributed by atoms with van der Waals surface area (Å²) in [6.07, 6.45) is 0.348. The summed E-state index contributed by atoms with van der Waals surface area (Å²) < 4.78 is 16.1. The molecule has 0 aliphatic heterocycles. The van der Waals surface area contributed by atoms with Gasteiger partial charge < -0.3 is 19.0 Å². The van der Waals surface area contributed by atoms with E-state index < -0.39 is 0 Å². The van der Waals surface area contributed by atoms with Crippen LogP contribution >= 0.6 is 0 Å². The summed E-state index contributed by atoms with van der Waals surface area (Å²) in [5.74, 6) is 2.05. The molecule has 6 heteroatoms. The van der Waals surface area contributed by atoms with E-state index >= 15 is 0 Å². The van der Waals surface area contributed by atoms with Crippen LogP contribution in [0.5, 0.6) is 11.5 Å². The first kappa shape index (κ1) is 13.4. The number of aliphatic hydroxyl groups excluding tert-OH is 1. The number of aromatic nitrogens is 2. The van der Waals surface area contributed by atoms with E-state index in [1.807, 2.05) is 25.1 Å². The Kier molecular flexibility index (Phi) is 4.35. The van der Waals surface area contributed by atoms with E-state index in [1.165, 1.54) is 0 Å². The minimum atomic E-state index is -0.0196. The molecule has 0 atom stereocenters. The quantitative estimate of drug-likeness (QED) is 0.852.